The van der Waals surface area contributed by atoms with Gasteiger partial charge < -0.3 is 5.32 Å². The van der Waals surface area contributed by atoms with Gasteiger partial charge in [0, 0.05) is 17.6 Å². The van der Waals surface area contributed by atoms with E-state index < -0.39 is 10.0 Å². The Hall–Kier alpha value is -1.56. The predicted molar refractivity (Wildman–Crippen MR) is 101 cm³/mol. The number of rotatable bonds is 3. The molecule has 1 aromatic carbocycles. The lowest BCUT2D eigenvalue weighted by atomic mass is 9.96. The number of carbonyl (C=O) groups is 1. The topological polar surface area (TPSA) is 66.5 Å². The number of fused-ring (bicyclic) bond motifs is 1. The quantitative estimate of drug-likeness (QED) is 0.895. The summed E-state index contributed by atoms with van der Waals surface area (Å²) in [6.45, 7) is 1.90. The largest absolute Gasteiger partial charge is 0.349 e. The molecule has 0 spiro atoms. The van der Waals surface area contributed by atoms with Crippen molar-refractivity contribution in [1.82, 2.24) is 5.32 Å². The molecule has 138 valence electrons. The van der Waals surface area contributed by atoms with Crippen molar-refractivity contribution >= 4 is 21.6 Å². The molecule has 2 aliphatic rings. The van der Waals surface area contributed by atoms with Crippen molar-refractivity contribution < 1.29 is 13.2 Å². The Labute approximate surface area is 150 Å². The highest BCUT2D eigenvalue weighted by Crippen LogP contribution is 2.34. The van der Waals surface area contributed by atoms with E-state index in [2.05, 4.69) is 5.32 Å². The predicted octanol–water partition coefficient (Wildman–Crippen LogP) is 3.24. The van der Waals surface area contributed by atoms with Crippen molar-refractivity contribution in [3.8, 4) is 0 Å². The van der Waals surface area contributed by atoms with Crippen LogP contribution in [0.4, 0.5) is 5.69 Å². The molecule has 0 bridgehead atoms. The van der Waals surface area contributed by atoms with Crippen LogP contribution in [-0.4, -0.2) is 32.7 Å². The first-order valence-electron chi connectivity index (χ1n) is 9.29. The second kappa shape index (κ2) is 7.36. The second-order valence-electron chi connectivity index (χ2n) is 7.47. The van der Waals surface area contributed by atoms with Crippen molar-refractivity contribution in [2.75, 3.05) is 10.6 Å². The third-order valence-corrected chi connectivity index (χ3v) is 6.56. The van der Waals surface area contributed by atoms with Crippen LogP contribution in [0.3, 0.4) is 0 Å². The molecule has 0 aromatic heterocycles. The molecule has 1 aliphatic carbocycles. The Balaban J connectivity index is 1.74. The minimum Gasteiger partial charge on any atom is -0.349 e. The first kappa shape index (κ1) is 18.2. The number of sulfonamides is 1. The van der Waals surface area contributed by atoms with Gasteiger partial charge >= 0.3 is 0 Å². The zero-order chi connectivity index (χ0) is 18.0. The molecule has 25 heavy (non-hydrogen) atoms. The minimum atomic E-state index is -3.30. The Morgan fingerprint density at radius 3 is 2.40 bits per heavy atom. The van der Waals surface area contributed by atoms with E-state index >= 15 is 0 Å². The number of benzene rings is 1. The third kappa shape index (κ3) is 4.17. The maximum Gasteiger partial charge on any atom is 0.251 e. The van der Waals surface area contributed by atoms with Crippen molar-refractivity contribution in [3.63, 3.8) is 0 Å². The highest BCUT2D eigenvalue weighted by molar-refractivity contribution is 7.92. The molecule has 1 fully saturated rings. The SMILES string of the molecule is CC1Cc2cc(C(=O)NC3CCCCCCC3)ccc2N1S(C)(=O)=O. The Morgan fingerprint density at radius 1 is 1.12 bits per heavy atom. The summed E-state index contributed by atoms with van der Waals surface area (Å²) in [4.78, 5) is 12.6. The van der Waals surface area contributed by atoms with E-state index in [1.165, 1.54) is 42.7 Å². The lowest BCUT2D eigenvalue weighted by molar-refractivity contribution is 0.0930. The van der Waals surface area contributed by atoms with Crippen LogP contribution < -0.4 is 9.62 Å². The Bertz CT molecular complexity index is 737. The number of hydrogen-bond acceptors (Lipinski definition) is 3. The van der Waals surface area contributed by atoms with Crippen molar-refractivity contribution in [2.45, 2.75) is 70.4 Å². The molecule has 1 N–H and O–H groups in total. The minimum absolute atomic E-state index is 0.0427. The van der Waals surface area contributed by atoms with E-state index in [-0.39, 0.29) is 18.0 Å². The summed E-state index contributed by atoms with van der Waals surface area (Å²) in [5.41, 5.74) is 2.27. The van der Waals surface area contributed by atoms with E-state index in [0.29, 0.717) is 17.7 Å². The maximum absolute atomic E-state index is 12.6. The van der Waals surface area contributed by atoms with Gasteiger partial charge in [0.25, 0.3) is 5.91 Å². The summed E-state index contributed by atoms with van der Waals surface area (Å²) in [6.07, 6.45) is 10.1. The molecule has 5 nitrogen and oxygen atoms in total. The molecule has 3 rings (SSSR count). The molecule has 0 radical (unpaired) electrons. The van der Waals surface area contributed by atoms with Crippen LogP contribution in [-0.2, 0) is 16.4 Å². The number of anilines is 1. The van der Waals surface area contributed by atoms with Crippen molar-refractivity contribution in [2.24, 2.45) is 0 Å². The Kier molecular flexibility index (Phi) is 5.37. The molecule has 1 saturated carbocycles. The molecule has 1 aliphatic heterocycles. The van der Waals surface area contributed by atoms with E-state index in [9.17, 15) is 13.2 Å². The number of amides is 1. The standard InChI is InChI=1S/C19H28N2O3S/c1-14-12-16-13-15(10-11-18(16)21(14)25(2,23)24)19(22)20-17-8-6-4-3-5-7-9-17/h10-11,13-14,17H,3-9,12H2,1-2H3,(H,20,22). The van der Waals surface area contributed by atoms with Crippen molar-refractivity contribution in [3.05, 3.63) is 29.3 Å². The fourth-order valence-corrected chi connectivity index (χ4v) is 5.38. The van der Waals surface area contributed by atoms with Crippen LogP contribution in [0.2, 0.25) is 0 Å². The number of carbonyl (C=O) groups excluding carboxylic acids is 1. The summed E-state index contributed by atoms with van der Waals surface area (Å²) < 4.78 is 25.4. The fourth-order valence-electron chi connectivity index (χ4n) is 4.12. The second-order valence-corrected chi connectivity index (χ2v) is 9.33. The number of hydrogen-bond donors (Lipinski definition) is 1. The van der Waals surface area contributed by atoms with E-state index in [1.807, 2.05) is 13.0 Å². The van der Waals surface area contributed by atoms with Crippen molar-refractivity contribution in [1.29, 1.82) is 0 Å². The highest BCUT2D eigenvalue weighted by atomic mass is 32.2. The fraction of sp³-hybridized carbons (Fsp3) is 0.632. The van der Waals surface area contributed by atoms with Gasteiger partial charge in [0.2, 0.25) is 10.0 Å². The van der Waals surface area contributed by atoms with Gasteiger partial charge in [-0.25, -0.2) is 8.42 Å². The summed E-state index contributed by atoms with van der Waals surface area (Å²) in [5, 5.41) is 3.18. The van der Waals surface area contributed by atoms with Gasteiger partial charge in [0.05, 0.1) is 11.9 Å². The zero-order valence-electron chi connectivity index (χ0n) is 15.1. The lowest BCUT2D eigenvalue weighted by Gasteiger charge is -2.22. The van der Waals surface area contributed by atoms with Gasteiger partial charge in [-0.15, -0.1) is 0 Å². The first-order chi connectivity index (χ1) is 11.9. The molecule has 1 atom stereocenters. The Morgan fingerprint density at radius 2 is 1.76 bits per heavy atom. The van der Waals surface area contributed by atoms with Crippen LogP contribution in [0.15, 0.2) is 18.2 Å². The molecule has 1 aromatic rings. The van der Waals surface area contributed by atoms with Crippen LogP contribution in [0.5, 0.6) is 0 Å². The van der Waals surface area contributed by atoms with Gasteiger partial charge in [-0.05, 0) is 49.9 Å². The van der Waals surface area contributed by atoms with Gasteiger partial charge in [-0.1, -0.05) is 32.1 Å². The molecule has 6 heteroatoms. The monoisotopic (exact) mass is 364 g/mol. The molecular formula is C19H28N2O3S. The van der Waals surface area contributed by atoms with E-state index in [0.717, 1.165) is 18.4 Å². The molecule has 1 unspecified atom stereocenters. The van der Waals surface area contributed by atoms with E-state index in [4.69, 9.17) is 0 Å². The van der Waals surface area contributed by atoms with E-state index in [1.54, 1.807) is 12.1 Å². The third-order valence-electron chi connectivity index (χ3n) is 5.29. The summed E-state index contributed by atoms with van der Waals surface area (Å²) in [6, 6.07) is 5.52. The van der Waals surface area contributed by atoms with Crippen LogP contribution in [0, 0.1) is 0 Å². The average molecular weight is 365 g/mol. The summed E-state index contributed by atoms with van der Waals surface area (Å²) in [7, 11) is -3.30. The summed E-state index contributed by atoms with van der Waals surface area (Å²) in [5.74, 6) is -0.0427. The maximum atomic E-state index is 12.6. The van der Waals surface area contributed by atoms with Crippen LogP contribution >= 0.6 is 0 Å². The number of nitrogens with zero attached hydrogens (tertiary/aromatic N) is 1. The lowest BCUT2D eigenvalue weighted by Crippen LogP contribution is -2.35. The average Bonchev–Trinajstić information content (AvgIpc) is 2.84. The number of nitrogens with one attached hydrogen (secondary N) is 1. The molecule has 0 saturated heterocycles. The van der Waals surface area contributed by atoms with Crippen LogP contribution in [0.25, 0.3) is 0 Å². The van der Waals surface area contributed by atoms with Gasteiger partial charge in [-0.2, -0.15) is 0 Å². The summed E-state index contributed by atoms with van der Waals surface area (Å²) >= 11 is 0. The molecular weight excluding hydrogens is 336 g/mol. The van der Waals surface area contributed by atoms with Gasteiger partial charge in [0.1, 0.15) is 0 Å². The van der Waals surface area contributed by atoms with Gasteiger partial charge in [-0.3, -0.25) is 9.10 Å². The smallest absolute Gasteiger partial charge is 0.251 e. The molecule has 1 heterocycles. The van der Waals surface area contributed by atoms with Crippen LogP contribution in [0.1, 0.15) is 67.8 Å². The molecule has 1 amide bonds. The normalized spacial score (nSPS) is 22.2. The zero-order valence-corrected chi connectivity index (χ0v) is 15.9. The highest BCUT2D eigenvalue weighted by Gasteiger charge is 2.32. The first-order valence-corrected chi connectivity index (χ1v) is 11.1. The van der Waals surface area contributed by atoms with Gasteiger partial charge in [0.15, 0.2) is 0 Å².